The summed E-state index contributed by atoms with van der Waals surface area (Å²) < 4.78 is 32.3. The normalized spacial score (nSPS) is 17.1. The van der Waals surface area contributed by atoms with Gasteiger partial charge in [-0.2, -0.15) is 0 Å². The molecule has 0 spiro atoms. The minimum Gasteiger partial charge on any atom is -0.493 e. The van der Waals surface area contributed by atoms with Crippen LogP contribution in [0, 0.1) is 0 Å². The van der Waals surface area contributed by atoms with Gasteiger partial charge < -0.3 is 38.6 Å². The summed E-state index contributed by atoms with van der Waals surface area (Å²) in [6.07, 6.45) is 0.0748. The number of amides is 1. The predicted octanol–water partition coefficient (Wildman–Crippen LogP) is 3.90. The molecule has 0 bridgehead atoms. The Kier molecular flexibility index (Phi) is 8.70. The van der Waals surface area contributed by atoms with E-state index in [-0.39, 0.29) is 32.3 Å². The Hall–Kier alpha value is -4.16. The molecule has 0 aromatic heterocycles. The van der Waals surface area contributed by atoms with Gasteiger partial charge >= 0.3 is 5.97 Å². The van der Waals surface area contributed by atoms with Gasteiger partial charge in [0.1, 0.15) is 6.61 Å². The van der Waals surface area contributed by atoms with Crippen molar-refractivity contribution in [3.05, 3.63) is 69.9 Å². The first-order valence-electron chi connectivity index (χ1n) is 12.9. The number of ether oxygens (including phenoxy) is 6. The first kappa shape index (κ1) is 28.4. The molecule has 0 saturated carbocycles. The Bertz CT molecular complexity index is 1440. The third-order valence-corrected chi connectivity index (χ3v) is 7.62. The Labute approximate surface area is 242 Å². The van der Waals surface area contributed by atoms with E-state index >= 15 is 0 Å². The quantitative estimate of drug-likeness (QED) is 0.309. The average Bonchev–Trinajstić information content (AvgIpc) is 3.61. The lowest BCUT2D eigenvalue weighted by atomic mass is 9.93. The number of thioether (sulfide) groups is 1. The molecule has 0 saturated heterocycles. The maximum Gasteiger partial charge on any atom is 0.338 e. The van der Waals surface area contributed by atoms with Gasteiger partial charge in [0.2, 0.25) is 12.7 Å². The van der Waals surface area contributed by atoms with Crippen molar-refractivity contribution in [3.8, 4) is 23.0 Å². The topological polar surface area (TPSA) is 117 Å². The van der Waals surface area contributed by atoms with E-state index < -0.39 is 12.0 Å². The van der Waals surface area contributed by atoms with E-state index in [1.54, 1.807) is 27.2 Å². The second-order valence-electron chi connectivity index (χ2n) is 9.28. The molecule has 1 amide bonds. The second-order valence-corrected chi connectivity index (χ2v) is 10.1. The number of benzene rings is 2. The SMILES string of the molecule is COCCOC(=O)C1=C(C)N=C2SC=C(CC(=O)NCc3ccc4c(c3)OCO4)N2[C@@H]1c1ccc(OC)c(OC)c1. The number of hydrogen-bond acceptors (Lipinski definition) is 11. The zero-order valence-corrected chi connectivity index (χ0v) is 24.0. The number of fused-ring (bicyclic) bond motifs is 2. The van der Waals surface area contributed by atoms with E-state index in [4.69, 9.17) is 33.4 Å². The van der Waals surface area contributed by atoms with Gasteiger partial charge in [-0.05, 0) is 47.7 Å². The summed E-state index contributed by atoms with van der Waals surface area (Å²) in [4.78, 5) is 33.1. The Morgan fingerprint density at radius 3 is 2.63 bits per heavy atom. The smallest absolute Gasteiger partial charge is 0.338 e. The van der Waals surface area contributed by atoms with Crippen LogP contribution in [0.25, 0.3) is 0 Å². The summed E-state index contributed by atoms with van der Waals surface area (Å²) in [7, 11) is 4.65. The maximum absolute atomic E-state index is 13.4. The van der Waals surface area contributed by atoms with Crippen LogP contribution < -0.4 is 24.3 Å². The van der Waals surface area contributed by atoms with Gasteiger partial charge in [-0.15, -0.1) is 0 Å². The third-order valence-electron chi connectivity index (χ3n) is 6.73. The highest BCUT2D eigenvalue weighted by atomic mass is 32.2. The number of nitrogens with zero attached hydrogens (tertiary/aromatic N) is 2. The molecule has 41 heavy (non-hydrogen) atoms. The zero-order valence-electron chi connectivity index (χ0n) is 23.2. The molecule has 2 aromatic rings. The molecule has 0 aliphatic carbocycles. The molecular weight excluding hydrogens is 550 g/mol. The number of amidine groups is 1. The molecule has 3 aliphatic rings. The number of carbonyl (C=O) groups excluding carboxylic acids is 2. The van der Waals surface area contributed by atoms with Crippen LogP contribution in [0.3, 0.4) is 0 Å². The fourth-order valence-corrected chi connectivity index (χ4v) is 5.71. The molecule has 5 rings (SSSR count). The van der Waals surface area contributed by atoms with Gasteiger partial charge in [-0.1, -0.05) is 23.9 Å². The first-order valence-corrected chi connectivity index (χ1v) is 13.8. The Morgan fingerprint density at radius 2 is 1.85 bits per heavy atom. The molecule has 2 aromatic carbocycles. The molecule has 3 aliphatic heterocycles. The second kappa shape index (κ2) is 12.6. The fourth-order valence-electron chi connectivity index (χ4n) is 4.74. The monoisotopic (exact) mass is 581 g/mol. The summed E-state index contributed by atoms with van der Waals surface area (Å²) in [5.74, 6) is 1.72. The number of methoxy groups -OCH3 is 3. The van der Waals surface area contributed by atoms with E-state index in [0.29, 0.717) is 51.7 Å². The average molecular weight is 582 g/mol. The van der Waals surface area contributed by atoms with Crippen LogP contribution in [0.5, 0.6) is 23.0 Å². The van der Waals surface area contributed by atoms with Crippen LogP contribution in [0.2, 0.25) is 0 Å². The van der Waals surface area contributed by atoms with E-state index in [9.17, 15) is 9.59 Å². The highest BCUT2D eigenvalue weighted by molar-refractivity contribution is 8.16. The minimum absolute atomic E-state index is 0.0748. The van der Waals surface area contributed by atoms with Crippen molar-refractivity contribution >= 4 is 28.8 Å². The Morgan fingerprint density at radius 1 is 1.05 bits per heavy atom. The number of rotatable bonds is 11. The largest absolute Gasteiger partial charge is 0.493 e. The van der Waals surface area contributed by atoms with Crippen LogP contribution >= 0.6 is 11.8 Å². The molecule has 1 atom stereocenters. The van der Waals surface area contributed by atoms with Crippen LogP contribution in [0.4, 0.5) is 0 Å². The fraction of sp³-hybridized carbons (Fsp3) is 0.345. The third kappa shape index (κ3) is 5.98. The summed E-state index contributed by atoms with van der Waals surface area (Å²) >= 11 is 1.40. The number of esters is 1. The van der Waals surface area contributed by atoms with Crippen LogP contribution in [0.15, 0.2) is 63.8 Å². The van der Waals surface area contributed by atoms with Gasteiger partial charge in [0.25, 0.3) is 0 Å². The lowest BCUT2D eigenvalue weighted by Crippen LogP contribution is -2.38. The van der Waals surface area contributed by atoms with Crippen molar-refractivity contribution < 1.29 is 38.0 Å². The van der Waals surface area contributed by atoms with Crippen molar-refractivity contribution in [2.24, 2.45) is 4.99 Å². The summed E-state index contributed by atoms with van der Waals surface area (Å²) in [5.41, 5.74) is 3.24. The predicted molar refractivity (Wildman–Crippen MR) is 152 cm³/mol. The van der Waals surface area contributed by atoms with E-state index in [1.165, 1.54) is 18.9 Å². The standard InChI is InChI=1S/C29H31N3O8S/c1-17-26(28(34)38-10-9-35-2)27(19-6-8-21(36-3)23(12-19)37-4)32-20(15-41-29(32)31-17)13-25(33)30-14-18-5-7-22-24(11-18)40-16-39-22/h5-8,11-12,15,27H,9-10,13-14,16H2,1-4H3,(H,30,33)/t27-/m1/s1. The molecule has 216 valence electrons. The molecule has 0 radical (unpaired) electrons. The molecular formula is C29H31N3O8S. The summed E-state index contributed by atoms with van der Waals surface area (Å²) in [5, 5.41) is 5.52. The number of allylic oxidation sites excluding steroid dienone is 1. The summed E-state index contributed by atoms with van der Waals surface area (Å²) in [6.45, 7) is 2.66. The van der Waals surface area contributed by atoms with Crippen molar-refractivity contribution in [1.29, 1.82) is 0 Å². The zero-order chi connectivity index (χ0) is 28.9. The molecule has 0 unspecified atom stereocenters. The number of nitrogens with one attached hydrogen (secondary N) is 1. The molecule has 11 nitrogen and oxygen atoms in total. The lowest BCUT2D eigenvalue weighted by Gasteiger charge is -2.36. The van der Waals surface area contributed by atoms with Gasteiger partial charge in [0.05, 0.1) is 44.6 Å². The van der Waals surface area contributed by atoms with E-state index in [0.717, 1.165) is 11.1 Å². The van der Waals surface area contributed by atoms with Gasteiger partial charge in [-0.3, -0.25) is 4.79 Å². The van der Waals surface area contributed by atoms with Crippen molar-refractivity contribution in [1.82, 2.24) is 10.2 Å². The van der Waals surface area contributed by atoms with Gasteiger partial charge in [-0.25, -0.2) is 9.79 Å². The van der Waals surface area contributed by atoms with E-state index in [1.807, 2.05) is 40.6 Å². The van der Waals surface area contributed by atoms with E-state index in [2.05, 4.69) is 5.32 Å². The highest BCUT2D eigenvalue weighted by Gasteiger charge is 2.41. The molecule has 0 fully saturated rings. The Balaban J connectivity index is 1.40. The minimum atomic E-state index is -0.611. The van der Waals surface area contributed by atoms with Gasteiger partial charge in [0.15, 0.2) is 28.2 Å². The molecule has 1 N–H and O–H groups in total. The van der Waals surface area contributed by atoms with Crippen LogP contribution in [-0.2, 0) is 25.6 Å². The number of hydrogen-bond donors (Lipinski definition) is 1. The number of aliphatic imine (C=N–C) groups is 1. The first-order chi connectivity index (χ1) is 19.9. The van der Waals surface area contributed by atoms with Crippen molar-refractivity contribution in [3.63, 3.8) is 0 Å². The molecule has 12 heteroatoms. The lowest BCUT2D eigenvalue weighted by molar-refractivity contribution is -0.141. The van der Waals surface area contributed by atoms with Crippen molar-refractivity contribution in [2.75, 3.05) is 41.3 Å². The van der Waals surface area contributed by atoms with Crippen LogP contribution in [-0.4, -0.2) is 63.3 Å². The van der Waals surface area contributed by atoms with Crippen molar-refractivity contribution in [2.45, 2.75) is 25.9 Å². The number of carbonyl (C=O) groups is 2. The highest BCUT2D eigenvalue weighted by Crippen LogP contribution is 2.46. The van der Waals surface area contributed by atoms with Gasteiger partial charge in [0, 0.05) is 19.4 Å². The molecule has 3 heterocycles. The van der Waals surface area contributed by atoms with Crippen LogP contribution in [0.1, 0.15) is 30.5 Å². The summed E-state index contributed by atoms with van der Waals surface area (Å²) in [6, 6.07) is 10.4. The maximum atomic E-state index is 13.4.